The Morgan fingerprint density at radius 1 is 0.957 bits per heavy atom. The van der Waals surface area contributed by atoms with Gasteiger partial charge in [-0.05, 0) is 60.9 Å². The van der Waals surface area contributed by atoms with Crippen molar-refractivity contribution in [2.75, 3.05) is 11.4 Å². The zero-order valence-corrected chi connectivity index (χ0v) is 26.3. The number of benzene rings is 3. The predicted molar refractivity (Wildman–Crippen MR) is 175 cm³/mol. The zero-order chi connectivity index (χ0) is 32.3. The first kappa shape index (κ1) is 30.2. The van der Waals surface area contributed by atoms with Gasteiger partial charge in [0.1, 0.15) is 5.75 Å². The first-order valence-electron chi connectivity index (χ1n) is 15.9. The third-order valence-corrected chi connectivity index (χ3v) is 10.8. The highest BCUT2D eigenvalue weighted by molar-refractivity contribution is 6.32. The highest BCUT2D eigenvalue weighted by Crippen LogP contribution is 2.65. The molecule has 3 aromatic rings. The van der Waals surface area contributed by atoms with Crippen molar-refractivity contribution in [2.24, 2.45) is 23.7 Å². The number of anilines is 1. The first-order chi connectivity index (χ1) is 22.2. The summed E-state index contributed by atoms with van der Waals surface area (Å²) < 4.78 is 0. The minimum atomic E-state index is -1.44. The number of carbonyl (C=O) groups excluding carboxylic acids is 4. The fourth-order valence-corrected chi connectivity index (χ4v) is 8.95. The number of fused-ring (bicyclic) bond motifs is 4. The average Bonchev–Trinajstić information content (AvgIpc) is 3.43. The Kier molecular flexibility index (Phi) is 7.47. The van der Waals surface area contributed by atoms with Crippen LogP contribution in [0.4, 0.5) is 5.69 Å². The summed E-state index contributed by atoms with van der Waals surface area (Å²) in [6.07, 6.45) is 5.33. The number of hydrogen-bond acceptors (Lipinski definition) is 5. The molecule has 0 radical (unpaired) electrons. The lowest BCUT2D eigenvalue weighted by Gasteiger charge is -2.50. The molecule has 1 N–H and O–H groups in total. The third-order valence-electron chi connectivity index (χ3n) is 10.5. The van der Waals surface area contributed by atoms with Crippen LogP contribution in [-0.4, -0.2) is 40.2 Å². The highest BCUT2D eigenvalue weighted by Gasteiger charge is 2.70. The quantitative estimate of drug-likeness (QED) is 0.242. The number of phenols is 1. The summed E-state index contributed by atoms with van der Waals surface area (Å²) in [5.74, 6) is -4.43. The third kappa shape index (κ3) is 4.17. The molecule has 6 atom stereocenters. The van der Waals surface area contributed by atoms with E-state index < -0.39 is 40.9 Å². The molecule has 0 spiro atoms. The molecule has 7 rings (SSSR count). The number of amides is 4. The molecule has 2 heterocycles. The first-order valence-corrected chi connectivity index (χ1v) is 16.3. The molecule has 2 aliphatic heterocycles. The monoisotopic (exact) mass is 634 g/mol. The maximum Gasteiger partial charge on any atom is 0.246 e. The Balaban J connectivity index is 1.51. The molecular formula is C38H35ClN2O5. The van der Waals surface area contributed by atoms with E-state index in [-0.39, 0.29) is 29.9 Å². The standard InChI is InChI=1S/C38H35ClN2O5/c1-3-10-22-11-8-16-28(33(22)42)32-26-17-18-27-31(36(45)40(19-4-2)34(27)43)29(26)21-30-35(44)41(25-15-9-14-24(39)20-25)37(46)38(30,32)23-12-6-5-7-13-23/h3,5-9,11-17,20,27,29-32,42H,1,4,10,18-19,21H2,2H3/t27-,29+,30-,31-,32+,38+/m0/s1. The molecule has 7 nitrogen and oxygen atoms in total. The fourth-order valence-electron chi connectivity index (χ4n) is 8.76. The lowest BCUT2D eigenvalue weighted by atomic mass is 9.49. The minimum absolute atomic E-state index is 0.0352. The molecule has 8 heteroatoms. The van der Waals surface area contributed by atoms with Gasteiger partial charge in [0.25, 0.3) is 0 Å². The van der Waals surface area contributed by atoms with Gasteiger partial charge in [-0.15, -0.1) is 6.58 Å². The Hall–Kier alpha value is -4.49. The summed E-state index contributed by atoms with van der Waals surface area (Å²) in [5.41, 5.74) is 1.57. The van der Waals surface area contributed by atoms with Crippen molar-refractivity contribution in [3.8, 4) is 5.75 Å². The molecule has 0 unspecified atom stereocenters. The largest absolute Gasteiger partial charge is 0.507 e. The van der Waals surface area contributed by atoms with Crippen LogP contribution in [0.2, 0.25) is 5.02 Å². The van der Waals surface area contributed by atoms with Crippen molar-refractivity contribution in [3.05, 3.63) is 119 Å². The van der Waals surface area contributed by atoms with E-state index in [4.69, 9.17) is 11.6 Å². The van der Waals surface area contributed by atoms with Crippen LogP contribution in [0.25, 0.3) is 0 Å². The number of halogens is 1. The Morgan fingerprint density at radius 3 is 2.43 bits per heavy atom. The van der Waals surface area contributed by atoms with E-state index in [1.165, 1.54) is 9.80 Å². The van der Waals surface area contributed by atoms with E-state index in [0.717, 1.165) is 5.57 Å². The van der Waals surface area contributed by atoms with Gasteiger partial charge in [0.05, 0.1) is 28.9 Å². The molecule has 234 valence electrons. The molecule has 2 saturated heterocycles. The smallest absolute Gasteiger partial charge is 0.246 e. The van der Waals surface area contributed by atoms with Gasteiger partial charge in [0.15, 0.2) is 0 Å². The summed E-state index contributed by atoms with van der Waals surface area (Å²) in [4.78, 5) is 60.1. The molecule has 0 aromatic heterocycles. The summed E-state index contributed by atoms with van der Waals surface area (Å²) in [5, 5.41) is 12.3. The van der Waals surface area contributed by atoms with Crippen LogP contribution >= 0.6 is 11.6 Å². The van der Waals surface area contributed by atoms with Gasteiger partial charge in [-0.25, -0.2) is 4.90 Å². The zero-order valence-electron chi connectivity index (χ0n) is 25.6. The summed E-state index contributed by atoms with van der Waals surface area (Å²) in [6, 6.07) is 21.5. The van der Waals surface area contributed by atoms with E-state index >= 15 is 4.79 Å². The lowest BCUT2D eigenvalue weighted by molar-refractivity contribution is -0.140. The molecule has 46 heavy (non-hydrogen) atoms. The number of rotatable bonds is 7. The normalized spacial score (nSPS) is 28.6. The van der Waals surface area contributed by atoms with Crippen molar-refractivity contribution in [1.82, 2.24) is 4.90 Å². The van der Waals surface area contributed by atoms with Crippen molar-refractivity contribution in [3.63, 3.8) is 0 Å². The number of allylic oxidation sites excluding steroid dienone is 3. The summed E-state index contributed by atoms with van der Waals surface area (Å²) >= 11 is 6.37. The van der Waals surface area contributed by atoms with Crippen LogP contribution in [-0.2, 0) is 31.0 Å². The van der Waals surface area contributed by atoms with Crippen LogP contribution in [0.15, 0.2) is 97.1 Å². The van der Waals surface area contributed by atoms with Gasteiger partial charge >= 0.3 is 0 Å². The van der Waals surface area contributed by atoms with Gasteiger partial charge in [-0.2, -0.15) is 0 Å². The van der Waals surface area contributed by atoms with Gasteiger partial charge in [0.2, 0.25) is 23.6 Å². The Labute approximate surface area is 273 Å². The van der Waals surface area contributed by atoms with E-state index in [2.05, 4.69) is 6.58 Å². The maximum atomic E-state index is 15.3. The lowest BCUT2D eigenvalue weighted by Crippen LogP contribution is -2.53. The average molecular weight is 635 g/mol. The number of likely N-dealkylation sites (tertiary alicyclic amines) is 1. The van der Waals surface area contributed by atoms with Gasteiger partial charge in [0, 0.05) is 23.0 Å². The number of imide groups is 2. The van der Waals surface area contributed by atoms with E-state index in [0.29, 0.717) is 53.2 Å². The molecule has 4 aliphatic rings. The fraction of sp³-hybridized carbons (Fsp3) is 0.316. The molecule has 4 amide bonds. The number of carbonyl (C=O) groups is 4. The number of hydrogen-bond donors (Lipinski definition) is 1. The van der Waals surface area contributed by atoms with E-state index in [1.54, 1.807) is 30.3 Å². The minimum Gasteiger partial charge on any atom is -0.507 e. The van der Waals surface area contributed by atoms with Gasteiger partial charge in [-0.3, -0.25) is 24.1 Å². The maximum absolute atomic E-state index is 15.3. The van der Waals surface area contributed by atoms with E-state index in [9.17, 15) is 19.5 Å². The molecule has 3 fully saturated rings. The second-order valence-corrected chi connectivity index (χ2v) is 13.2. The Morgan fingerprint density at radius 2 is 1.72 bits per heavy atom. The summed E-state index contributed by atoms with van der Waals surface area (Å²) in [7, 11) is 0. The molecule has 0 bridgehead atoms. The van der Waals surface area contributed by atoms with Crippen molar-refractivity contribution in [2.45, 2.75) is 43.9 Å². The van der Waals surface area contributed by atoms with Crippen LogP contribution < -0.4 is 4.90 Å². The van der Waals surface area contributed by atoms with Crippen LogP contribution in [0.1, 0.15) is 48.8 Å². The number of para-hydroxylation sites is 1. The number of nitrogens with zero attached hydrogens (tertiary/aromatic N) is 2. The second-order valence-electron chi connectivity index (χ2n) is 12.8. The van der Waals surface area contributed by atoms with Crippen LogP contribution in [0.3, 0.4) is 0 Å². The van der Waals surface area contributed by atoms with E-state index in [1.807, 2.05) is 61.5 Å². The summed E-state index contributed by atoms with van der Waals surface area (Å²) in [6.45, 7) is 6.13. The number of phenolic OH excluding ortho intramolecular Hbond substituents is 1. The van der Waals surface area contributed by atoms with Crippen molar-refractivity contribution in [1.29, 1.82) is 0 Å². The van der Waals surface area contributed by atoms with Crippen molar-refractivity contribution >= 4 is 40.9 Å². The second kappa shape index (κ2) is 11.4. The molecule has 2 aliphatic carbocycles. The Bertz CT molecular complexity index is 1820. The van der Waals surface area contributed by atoms with Crippen molar-refractivity contribution < 1.29 is 24.3 Å². The highest BCUT2D eigenvalue weighted by atomic mass is 35.5. The predicted octanol–water partition coefficient (Wildman–Crippen LogP) is 6.35. The van der Waals surface area contributed by atoms with Crippen LogP contribution in [0.5, 0.6) is 5.75 Å². The molecular weight excluding hydrogens is 600 g/mol. The number of aromatic hydroxyl groups is 1. The topological polar surface area (TPSA) is 95.0 Å². The van der Waals surface area contributed by atoms with Gasteiger partial charge < -0.3 is 5.11 Å². The molecule has 3 aromatic carbocycles. The van der Waals surface area contributed by atoms with Crippen LogP contribution in [0, 0.1) is 23.7 Å². The molecule has 1 saturated carbocycles. The van der Waals surface area contributed by atoms with Gasteiger partial charge in [-0.1, -0.05) is 90.8 Å². The SMILES string of the molecule is C=CCc1cccc([C@H]2C3=CC[C@@H]4C(=O)N(CCC)C(=O)[C@@H]4[C@@H]3C[C@H]3C(=O)N(c4cccc(Cl)c4)C(=O)[C@@]23c2ccccc2)c1O.